The lowest BCUT2D eigenvalue weighted by Crippen LogP contribution is -2.35. The SMILES string of the molecule is Cc1nc(C)c(CN2CCC(n3cc(C[C@H](C)O)nn3)CC2)nc1C. The predicted octanol–water partition coefficient (Wildman–Crippen LogP) is 1.75. The quantitative estimate of drug-likeness (QED) is 0.890. The number of piperidine rings is 1. The van der Waals surface area contributed by atoms with Crippen LogP contribution in [0.4, 0.5) is 0 Å². The van der Waals surface area contributed by atoms with Crippen LogP contribution in [0.15, 0.2) is 6.20 Å². The Kier molecular flexibility index (Phi) is 5.44. The van der Waals surface area contributed by atoms with E-state index in [1.54, 1.807) is 6.92 Å². The Hall–Kier alpha value is -1.86. The molecule has 1 N–H and O–H groups in total. The summed E-state index contributed by atoms with van der Waals surface area (Å²) in [6.45, 7) is 10.7. The Morgan fingerprint density at radius 1 is 1.12 bits per heavy atom. The zero-order valence-corrected chi connectivity index (χ0v) is 15.6. The second-order valence-electron chi connectivity index (χ2n) is 7.18. The van der Waals surface area contributed by atoms with Gasteiger partial charge in [-0.25, -0.2) is 4.68 Å². The third-order valence-electron chi connectivity index (χ3n) is 4.95. The molecule has 0 aliphatic carbocycles. The van der Waals surface area contributed by atoms with Crippen LogP contribution in [0, 0.1) is 20.8 Å². The molecule has 136 valence electrons. The van der Waals surface area contributed by atoms with Gasteiger partial charge in [0.1, 0.15) is 0 Å². The molecular weight excluding hydrogens is 316 g/mol. The minimum atomic E-state index is -0.380. The first-order valence-corrected chi connectivity index (χ1v) is 9.04. The number of hydrogen-bond donors (Lipinski definition) is 1. The first-order valence-electron chi connectivity index (χ1n) is 9.04. The molecule has 0 amide bonds. The van der Waals surface area contributed by atoms with Crippen molar-refractivity contribution >= 4 is 0 Å². The van der Waals surface area contributed by atoms with Crippen molar-refractivity contribution < 1.29 is 5.11 Å². The molecule has 0 spiro atoms. The molecule has 2 aromatic rings. The summed E-state index contributed by atoms with van der Waals surface area (Å²) in [4.78, 5) is 11.8. The summed E-state index contributed by atoms with van der Waals surface area (Å²) in [6.07, 6.45) is 4.26. The van der Waals surface area contributed by atoms with Crippen LogP contribution in [-0.4, -0.2) is 54.2 Å². The van der Waals surface area contributed by atoms with Gasteiger partial charge in [-0.15, -0.1) is 5.10 Å². The van der Waals surface area contributed by atoms with Crippen molar-refractivity contribution in [1.29, 1.82) is 0 Å². The highest BCUT2D eigenvalue weighted by atomic mass is 16.3. The van der Waals surface area contributed by atoms with Crippen LogP contribution < -0.4 is 0 Å². The molecule has 1 fully saturated rings. The number of aromatic nitrogens is 5. The van der Waals surface area contributed by atoms with Gasteiger partial charge < -0.3 is 5.11 Å². The average Bonchev–Trinajstić information content (AvgIpc) is 3.01. The monoisotopic (exact) mass is 344 g/mol. The van der Waals surface area contributed by atoms with Gasteiger partial charge >= 0.3 is 0 Å². The summed E-state index contributed by atoms with van der Waals surface area (Å²) in [7, 11) is 0. The fourth-order valence-electron chi connectivity index (χ4n) is 3.35. The van der Waals surface area contributed by atoms with Crippen LogP contribution in [0.3, 0.4) is 0 Å². The van der Waals surface area contributed by atoms with Gasteiger partial charge in [-0.2, -0.15) is 0 Å². The molecule has 1 saturated heterocycles. The standard InChI is InChI=1S/C18H28N6O/c1-12(25)9-16-10-24(22-21-16)17-5-7-23(8-6-17)11-18-15(4)19-13(2)14(3)20-18/h10,12,17,25H,5-9,11H2,1-4H3/t12-/m0/s1. The van der Waals surface area contributed by atoms with Gasteiger partial charge in [0.05, 0.1) is 40.6 Å². The van der Waals surface area contributed by atoms with Gasteiger partial charge in [0.15, 0.2) is 0 Å². The third-order valence-corrected chi connectivity index (χ3v) is 4.95. The lowest BCUT2D eigenvalue weighted by molar-refractivity contribution is 0.170. The van der Waals surface area contributed by atoms with E-state index in [9.17, 15) is 5.11 Å². The van der Waals surface area contributed by atoms with Crippen molar-refractivity contribution in [2.45, 2.75) is 65.6 Å². The summed E-state index contributed by atoms with van der Waals surface area (Å²) in [5.74, 6) is 0. The number of nitrogens with zero attached hydrogens (tertiary/aromatic N) is 6. The minimum Gasteiger partial charge on any atom is -0.393 e. The van der Waals surface area contributed by atoms with Crippen LogP contribution in [-0.2, 0) is 13.0 Å². The zero-order chi connectivity index (χ0) is 18.0. The van der Waals surface area contributed by atoms with Crippen LogP contribution in [0.25, 0.3) is 0 Å². The summed E-state index contributed by atoms with van der Waals surface area (Å²) < 4.78 is 1.97. The molecule has 1 atom stereocenters. The smallest absolute Gasteiger partial charge is 0.0852 e. The molecule has 2 aromatic heterocycles. The van der Waals surface area contributed by atoms with Crippen molar-refractivity contribution in [3.63, 3.8) is 0 Å². The van der Waals surface area contributed by atoms with Crippen molar-refractivity contribution in [3.05, 3.63) is 34.7 Å². The van der Waals surface area contributed by atoms with E-state index >= 15 is 0 Å². The maximum absolute atomic E-state index is 9.46. The van der Waals surface area contributed by atoms with Gasteiger partial charge in [0.25, 0.3) is 0 Å². The number of hydrogen-bond acceptors (Lipinski definition) is 6. The Bertz CT molecular complexity index is 718. The molecule has 0 radical (unpaired) electrons. The molecule has 1 aliphatic rings. The van der Waals surface area contributed by atoms with Gasteiger partial charge in [0, 0.05) is 32.3 Å². The first kappa shape index (κ1) is 17.9. The molecule has 1 aliphatic heterocycles. The van der Waals surface area contributed by atoms with Gasteiger partial charge in [-0.05, 0) is 40.5 Å². The normalized spacial score (nSPS) is 17.8. The van der Waals surface area contributed by atoms with Crippen LogP contribution in [0.1, 0.15) is 54.3 Å². The van der Waals surface area contributed by atoms with Crippen LogP contribution in [0.5, 0.6) is 0 Å². The molecule has 0 unspecified atom stereocenters. The molecular formula is C18H28N6O. The molecule has 0 bridgehead atoms. The topological polar surface area (TPSA) is 80.0 Å². The molecule has 25 heavy (non-hydrogen) atoms. The fourth-order valence-corrected chi connectivity index (χ4v) is 3.35. The van der Waals surface area contributed by atoms with E-state index in [-0.39, 0.29) is 6.10 Å². The Balaban J connectivity index is 1.57. The van der Waals surface area contributed by atoms with E-state index in [0.717, 1.165) is 60.9 Å². The van der Waals surface area contributed by atoms with E-state index in [1.165, 1.54) is 0 Å². The molecule has 0 aromatic carbocycles. The summed E-state index contributed by atoms with van der Waals surface area (Å²) >= 11 is 0. The van der Waals surface area contributed by atoms with Crippen LogP contribution in [0.2, 0.25) is 0 Å². The second-order valence-corrected chi connectivity index (χ2v) is 7.18. The molecule has 7 nitrogen and oxygen atoms in total. The lowest BCUT2D eigenvalue weighted by atomic mass is 10.0. The van der Waals surface area contributed by atoms with Crippen molar-refractivity contribution in [3.8, 4) is 0 Å². The zero-order valence-electron chi connectivity index (χ0n) is 15.6. The van der Waals surface area contributed by atoms with E-state index in [4.69, 9.17) is 4.98 Å². The van der Waals surface area contributed by atoms with Gasteiger partial charge in [-0.1, -0.05) is 5.21 Å². The molecule has 7 heteroatoms. The highest BCUT2D eigenvalue weighted by Crippen LogP contribution is 2.23. The Morgan fingerprint density at radius 3 is 2.48 bits per heavy atom. The summed E-state index contributed by atoms with van der Waals surface area (Å²) in [6, 6.07) is 0.387. The van der Waals surface area contributed by atoms with E-state index in [2.05, 4.69) is 20.2 Å². The van der Waals surface area contributed by atoms with Gasteiger partial charge in [-0.3, -0.25) is 14.9 Å². The lowest BCUT2D eigenvalue weighted by Gasteiger charge is -2.31. The third kappa shape index (κ3) is 4.41. The fraction of sp³-hybridized carbons (Fsp3) is 0.667. The second kappa shape index (κ2) is 7.58. The minimum absolute atomic E-state index is 0.380. The van der Waals surface area contributed by atoms with E-state index in [0.29, 0.717) is 12.5 Å². The number of aliphatic hydroxyl groups is 1. The summed E-state index contributed by atoms with van der Waals surface area (Å²) in [5, 5.41) is 17.9. The van der Waals surface area contributed by atoms with Crippen molar-refractivity contribution in [1.82, 2.24) is 29.9 Å². The number of rotatable bonds is 5. The van der Waals surface area contributed by atoms with Gasteiger partial charge in [0.2, 0.25) is 0 Å². The first-order chi connectivity index (χ1) is 11.9. The highest BCUT2D eigenvalue weighted by molar-refractivity contribution is 5.17. The predicted molar refractivity (Wildman–Crippen MR) is 95.2 cm³/mol. The molecule has 3 heterocycles. The van der Waals surface area contributed by atoms with E-state index in [1.807, 2.05) is 31.6 Å². The summed E-state index contributed by atoms with van der Waals surface area (Å²) in [5.41, 5.74) is 5.01. The maximum atomic E-state index is 9.46. The largest absolute Gasteiger partial charge is 0.393 e. The average molecular weight is 344 g/mol. The Labute approximate surface area is 149 Å². The Morgan fingerprint density at radius 2 is 1.80 bits per heavy atom. The maximum Gasteiger partial charge on any atom is 0.0852 e. The van der Waals surface area contributed by atoms with E-state index < -0.39 is 0 Å². The van der Waals surface area contributed by atoms with Crippen LogP contribution >= 0.6 is 0 Å². The van der Waals surface area contributed by atoms with Crippen molar-refractivity contribution in [2.24, 2.45) is 0 Å². The molecule has 0 saturated carbocycles. The number of likely N-dealkylation sites (tertiary alicyclic amines) is 1. The van der Waals surface area contributed by atoms with Crippen molar-refractivity contribution in [2.75, 3.05) is 13.1 Å². The highest BCUT2D eigenvalue weighted by Gasteiger charge is 2.23. The molecule has 3 rings (SSSR count). The number of aliphatic hydroxyl groups excluding tert-OH is 1. The number of aryl methyl sites for hydroxylation is 3.